The minimum atomic E-state index is -3.58. The molecule has 7 heteroatoms. The maximum Gasteiger partial charge on any atom is 0.243 e. The van der Waals surface area contributed by atoms with Crippen molar-refractivity contribution in [3.05, 3.63) is 28.2 Å². The number of nitrogens with one attached hydrogen (secondary N) is 1. The molecular weight excluding hydrogens is 331 g/mol. The van der Waals surface area contributed by atoms with E-state index in [1.807, 2.05) is 13.8 Å². The summed E-state index contributed by atoms with van der Waals surface area (Å²) in [6, 6.07) is 4.53. The molecule has 4 nitrogen and oxygen atoms in total. The van der Waals surface area contributed by atoms with E-state index in [0.717, 1.165) is 19.4 Å². The molecule has 0 aliphatic carbocycles. The Balaban J connectivity index is 2.30. The van der Waals surface area contributed by atoms with Gasteiger partial charge in [-0.2, -0.15) is 4.31 Å². The zero-order valence-corrected chi connectivity index (χ0v) is 14.5. The fraction of sp³-hybridized carbons (Fsp3) is 0.571. The summed E-state index contributed by atoms with van der Waals surface area (Å²) >= 11 is 11.8. The molecule has 0 saturated carbocycles. The lowest BCUT2D eigenvalue weighted by Crippen LogP contribution is -2.44. The van der Waals surface area contributed by atoms with E-state index in [0.29, 0.717) is 11.6 Å². The minimum Gasteiger partial charge on any atom is -0.313 e. The summed E-state index contributed by atoms with van der Waals surface area (Å²) in [6.07, 6.45) is 2.09. The van der Waals surface area contributed by atoms with Crippen molar-refractivity contribution in [1.82, 2.24) is 9.62 Å². The van der Waals surface area contributed by atoms with Gasteiger partial charge in [0.05, 0.1) is 14.9 Å². The summed E-state index contributed by atoms with van der Waals surface area (Å²) in [6.45, 7) is 5.18. The van der Waals surface area contributed by atoms with Crippen LogP contribution in [0.3, 0.4) is 0 Å². The predicted octanol–water partition coefficient (Wildman–Crippen LogP) is 3.14. The third kappa shape index (κ3) is 3.90. The van der Waals surface area contributed by atoms with Gasteiger partial charge >= 0.3 is 0 Å². The van der Waals surface area contributed by atoms with Gasteiger partial charge in [-0.05, 0) is 51.4 Å². The molecule has 1 fully saturated rings. The Morgan fingerprint density at radius 3 is 2.57 bits per heavy atom. The van der Waals surface area contributed by atoms with Crippen LogP contribution in [-0.4, -0.2) is 37.9 Å². The van der Waals surface area contributed by atoms with Crippen molar-refractivity contribution < 1.29 is 8.42 Å². The highest BCUT2D eigenvalue weighted by molar-refractivity contribution is 7.89. The molecule has 1 atom stereocenters. The third-order valence-corrected chi connectivity index (χ3v) is 6.41. The molecule has 0 bridgehead atoms. The SMILES string of the molecule is CC(C)N(CC1CCCN1)S(=O)(=O)c1ccc(Cl)c(Cl)c1. The predicted molar refractivity (Wildman–Crippen MR) is 86.5 cm³/mol. The molecule has 1 N–H and O–H groups in total. The van der Waals surface area contributed by atoms with Gasteiger partial charge in [-0.15, -0.1) is 0 Å². The van der Waals surface area contributed by atoms with E-state index >= 15 is 0 Å². The second-order valence-electron chi connectivity index (χ2n) is 5.54. The van der Waals surface area contributed by atoms with E-state index in [1.54, 1.807) is 0 Å². The lowest BCUT2D eigenvalue weighted by molar-refractivity contribution is 0.322. The van der Waals surface area contributed by atoms with Crippen LogP contribution in [0.15, 0.2) is 23.1 Å². The van der Waals surface area contributed by atoms with Gasteiger partial charge in [-0.25, -0.2) is 8.42 Å². The van der Waals surface area contributed by atoms with Crippen LogP contribution < -0.4 is 5.32 Å². The van der Waals surface area contributed by atoms with Crippen molar-refractivity contribution in [2.24, 2.45) is 0 Å². The van der Waals surface area contributed by atoms with Crippen molar-refractivity contribution >= 4 is 33.2 Å². The number of sulfonamides is 1. The fourth-order valence-electron chi connectivity index (χ4n) is 2.49. The average Bonchev–Trinajstić information content (AvgIpc) is 2.91. The van der Waals surface area contributed by atoms with Crippen LogP contribution in [0.1, 0.15) is 26.7 Å². The van der Waals surface area contributed by atoms with Gasteiger partial charge in [-0.3, -0.25) is 0 Å². The maximum atomic E-state index is 12.8. The van der Waals surface area contributed by atoms with Crippen LogP contribution in [-0.2, 0) is 10.0 Å². The first-order valence-corrected chi connectivity index (χ1v) is 9.22. The molecule has 0 amide bonds. The molecule has 1 heterocycles. The zero-order valence-electron chi connectivity index (χ0n) is 12.1. The first-order valence-electron chi connectivity index (χ1n) is 7.02. The quantitative estimate of drug-likeness (QED) is 0.887. The Morgan fingerprint density at radius 2 is 2.05 bits per heavy atom. The third-order valence-electron chi connectivity index (χ3n) is 3.64. The molecule has 1 unspecified atom stereocenters. The lowest BCUT2D eigenvalue weighted by atomic mass is 10.2. The highest BCUT2D eigenvalue weighted by Gasteiger charge is 2.30. The molecule has 1 aliphatic heterocycles. The smallest absolute Gasteiger partial charge is 0.243 e. The number of hydrogen-bond donors (Lipinski definition) is 1. The van der Waals surface area contributed by atoms with Gasteiger partial charge in [0.2, 0.25) is 10.0 Å². The van der Waals surface area contributed by atoms with Crippen LogP contribution in [0, 0.1) is 0 Å². The maximum absolute atomic E-state index is 12.8. The van der Waals surface area contributed by atoms with E-state index < -0.39 is 10.0 Å². The Hall–Kier alpha value is -0.330. The van der Waals surface area contributed by atoms with E-state index in [2.05, 4.69) is 5.32 Å². The Kier molecular flexibility index (Phi) is 5.54. The number of benzene rings is 1. The van der Waals surface area contributed by atoms with Gasteiger partial charge < -0.3 is 5.32 Å². The Morgan fingerprint density at radius 1 is 1.33 bits per heavy atom. The molecule has 21 heavy (non-hydrogen) atoms. The molecule has 2 rings (SSSR count). The van der Waals surface area contributed by atoms with Crippen LogP contribution in [0.4, 0.5) is 0 Å². The molecule has 1 aromatic carbocycles. The monoisotopic (exact) mass is 350 g/mol. The molecule has 0 aromatic heterocycles. The lowest BCUT2D eigenvalue weighted by Gasteiger charge is -2.28. The largest absolute Gasteiger partial charge is 0.313 e. The van der Waals surface area contributed by atoms with Crippen molar-refractivity contribution in [2.45, 2.75) is 43.7 Å². The van der Waals surface area contributed by atoms with Crippen molar-refractivity contribution in [2.75, 3.05) is 13.1 Å². The molecule has 1 aromatic rings. The number of rotatable bonds is 5. The first-order chi connectivity index (χ1) is 9.82. The molecular formula is C14H20Cl2N2O2S. The Labute approximate surface area is 136 Å². The van der Waals surface area contributed by atoms with Crippen LogP contribution >= 0.6 is 23.2 Å². The zero-order chi connectivity index (χ0) is 15.6. The van der Waals surface area contributed by atoms with Gasteiger partial charge in [-0.1, -0.05) is 23.2 Å². The van der Waals surface area contributed by atoms with E-state index in [9.17, 15) is 8.42 Å². The second-order valence-corrected chi connectivity index (χ2v) is 8.24. The average molecular weight is 351 g/mol. The van der Waals surface area contributed by atoms with Crippen molar-refractivity contribution in [3.8, 4) is 0 Å². The summed E-state index contributed by atoms with van der Waals surface area (Å²) in [4.78, 5) is 0.184. The second kappa shape index (κ2) is 6.84. The summed E-state index contributed by atoms with van der Waals surface area (Å²) in [5.41, 5.74) is 0. The molecule has 0 radical (unpaired) electrons. The van der Waals surface area contributed by atoms with E-state index in [1.165, 1.54) is 22.5 Å². The van der Waals surface area contributed by atoms with Gasteiger partial charge in [0.15, 0.2) is 0 Å². The van der Waals surface area contributed by atoms with Gasteiger partial charge in [0, 0.05) is 18.6 Å². The van der Waals surface area contributed by atoms with Gasteiger partial charge in [0.1, 0.15) is 0 Å². The van der Waals surface area contributed by atoms with E-state index in [4.69, 9.17) is 23.2 Å². The van der Waals surface area contributed by atoms with Crippen LogP contribution in [0.2, 0.25) is 10.0 Å². The fourth-order valence-corrected chi connectivity index (χ4v) is 4.56. The summed E-state index contributed by atoms with van der Waals surface area (Å²) in [5, 5.41) is 3.93. The first kappa shape index (κ1) is 17.0. The van der Waals surface area contributed by atoms with Crippen LogP contribution in [0.5, 0.6) is 0 Å². The summed E-state index contributed by atoms with van der Waals surface area (Å²) < 4.78 is 27.2. The van der Waals surface area contributed by atoms with Gasteiger partial charge in [0.25, 0.3) is 0 Å². The Bertz CT molecular complexity index is 599. The highest BCUT2D eigenvalue weighted by atomic mass is 35.5. The number of nitrogens with zero attached hydrogens (tertiary/aromatic N) is 1. The van der Waals surface area contributed by atoms with E-state index in [-0.39, 0.29) is 22.0 Å². The highest BCUT2D eigenvalue weighted by Crippen LogP contribution is 2.27. The standard InChI is InChI=1S/C14H20Cl2N2O2S/c1-10(2)18(9-11-4-3-7-17-11)21(19,20)12-5-6-13(15)14(16)8-12/h5-6,8,10-11,17H,3-4,7,9H2,1-2H3. The number of halogens is 2. The summed E-state index contributed by atoms with van der Waals surface area (Å²) in [5.74, 6) is 0. The minimum absolute atomic E-state index is 0.119. The number of hydrogen-bond acceptors (Lipinski definition) is 3. The molecule has 1 aliphatic rings. The van der Waals surface area contributed by atoms with Crippen molar-refractivity contribution in [1.29, 1.82) is 0 Å². The normalized spacial score (nSPS) is 19.6. The molecule has 0 spiro atoms. The van der Waals surface area contributed by atoms with Crippen molar-refractivity contribution in [3.63, 3.8) is 0 Å². The summed E-state index contributed by atoms with van der Waals surface area (Å²) in [7, 11) is -3.58. The van der Waals surface area contributed by atoms with Crippen LogP contribution in [0.25, 0.3) is 0 Å². The molecule has 1 saturated heterocycles. The topological polar surface area (TPSA) is 49.4 Å². The molecule has 118 valence electrons.